The van der Waals surface area contributed by atoms with Crippen LogP contribution in [-0.4, -0.2) is 156 Å². The Morgan fingerprint density at radius 2 is 1.00 bits per heavy atom. The van der Waals surface area contributed by atoms with Gasteiger partial charge in [0.2, 0.25) is 17.7 Å². The molecule has 0 radical (unpaired) electrons. The van der Waals surface area contributed by atoms with E-state index in [1.807, 2.05) is 143 Å². The lowest BCUT2D eigenvalue weighted by Gasteiger charge is -2.44. The Balaban J connectivity index is 0.896. The van der Waals surface area contributed by atoms with Gasteiger partial charge < -0.3 is 60.6 Å². The van der Waals surface area contributed by atoms with Crippen LogP contribution in [0.15, 0.2) is 110 Å². The van der Waals surface area contributed by atoms with Crippen LogP contribution in [0, 0.1) is 12.3 Å². The normalized spacial score (nSPS) is 21.0. The summed E-state index contributed by atoms with van der Waals surface area (Å²) in [6.45, 7) is 18.2. The minimum absolute atomic E-state index is 0.0135. The van der Waals surface area contributed by atoms with E-state index in [4.69, 9.17) is 25.4 Å². The monoisotopic (exact) mass is 1160 g/mol. The van der Waals surface area contributed by atoms with E-state index in [0.717, 1.165) is 67.2 Å². The largest absolute Gasteiger partial charge is 0.491 e. The van der Waals surface area contributed by atoms with E-state index in [1.54, 1.807) is 0 Å². The Labute approximate surface area is 497 Å². The van der Waals surface area contributed by atoms with Crippen molar-refractivity contribution in [2.75, 3.05) is 59.2 Å². The van der Waals surface area contributed by atoms with Gasteiger partial charge in [-0.05, 0) is 177 Å². The van der Waals surface area contributed by atoms with E-state index >= 15 is 0 Å². The van der Waals surface area contributed by atoms with Gasteiger partial charge in [-0.15, -0.1) is 13.0 Å². The molecular formula is C67H92N6O11. The van der Waals surface area contributed by atoms with Gasteiger partial charge in [-0.1, -0.05) is 60.5 Å². The van der Waals surface area contributed by atoms with Crippen LogP contribution in [0.4, 0.5) is 0 Å². The average Bonchev–Trinajstić information content (AvgIpc) is 2.84. The molecule has 3 amide bonds. The fourth-order valence-electron chi connectivity index (χ4n) is 11.4. The first-order valence-corrected chi connectivity index (χ1v) is 30.0. The van der Waals surface area contributed by atoms with Crippen molar-refractivity contribution in [3.8, 4) is 35.3 Å². The topological polar surface area (TPSA) is 232 Å². The smallest absolute Gasteiger partial charge is 0.237 e. The van der Waals surface area contributed by atoms with Gasteiger partial charge in [0.1, 0.15) is 67.7 Å². The van der Waals surface area contributed by atoms with Gasteiger partial charge in [0, 0.05) is 49.2 Å². The van der Waals surface area contributed by atoms with E-state index in [1.165, 1.54) is 0 Å². The number of allylic oxidation sites excluding steroid dienone is 1. The maximum atomic E-state index is 13.6. The highest BCUT2D eigenvalue weighted by Crippen LogP contribution is 2.37. The second kappa shape index (κ2) is 30.0. The standard InChI is InChI=1S/C67H92N6O11/c1-9-66(7,47-22-30-54(31-23-47)82-43-51(75)40-71-57-17-11-14-36-68-61(57)78)46-20-28-53(29-21-46)81-42-50(74)39-64(3,4)73(59-19-13-16-38-70-63(59)80)41-52(76)44-83-55-32-24-48(25-33-55)67(8,10-2)49-26-34-56(35-27-49)84-45-60(77)65(5,6)72-58-18-12-15-37-69-62(58)79/h1,10,20-35,50-52,57-60,71-72,74-77H,2,11-19,36-45H2,3-8H3,(H,68,78)(H,69,79)(H,70,80)/t50?,51?,52?,57?,58?,59?,60?,66-,67-/m0/s1. The fourth-order valence-corrected chi connectivity index (χ4v) is 11.4. The number of rotatable bonds is 29. The van der Waals surface area contributed by atoms with Crippen LogP contribution < -0.4 is 45.5 Å². The second-order valence-electron chi connectivity index (χ2n) is 24.4. The van der Waals surface area contributed by atoms with Crippen molar-refractivity contribution in [3.63, 3.8) is 0 Å². The van der Waals surface area contributed by atoms with Crippen molar-refractivity contribution in [3.05, 3.63) is 132 Å². The van der Waals surface area contributed by atoms with Gasteiger partial charge in [0.15, 0.2) is 0 Å². The Morgan fingerprint density at radius 3 is 1.49 bits per heavy atom. The number of hydrogen-bond donors (Lipinski definition) is 9. The zero-order valence-electron chi connectivity index (χ0n) is 50.2. The molecule has 84 heavy (non-hydrogen) atoms. The molecule has 3 aliphatic heterocycles. The molecule has 0 aliphatic carbocycles. The minimum Gasteiger partial charge on any atom is -0.491 e. The predicted molar refractivity (Wildman–Crippen MR) is 326 cm³/mol. The van der Waals surface area contributed by atoms with Crippen LogP contribution in [-0.2, 0) is 25.2 Å². The molecule has 7 rings (SSSR count). The van der Waals surface area contributed by atoms with Gasteiger partial charge in [-0.3, -0.25) is 24.6 Å². The first-order valence-electron chi connectivity index (χ1n) is 30.0. The second-order valence-corrected chi connectivity index (χ2v) is 24.4. The molecule has 3 heterocycles. The molecule has 3 saturated heterocycles. The molecule has 0 bridgehead atoms. The molecule has 0 spiro atoms. The van der Waals surface area contributed by atoms with E-state index in [2.05, 4.69) is 46.0 Å². The molecule has 3 fully saturated rings. The van der Waals surface area contributed by atoms with Crippen molar-refractivity contribution in [1.82, 2.24) is 31.5 Å². The summed E-state index contributed by atoms with van der Waals surface area (Å²) in [7, 11) is 0. The third-order valence-corrected chi connectivity index (χ3v) is 17.1. The minimum atomic E-state index is -0.979. The SMILES string of the molecule is C#C[C@](C)(c1ccc(OCC(O)CNC2CCCCNC2=O)cc1)c1ccc(OCC(O)CC(C)(C)N(CC(O)COc2ccc([C@](C)(C=C)c3ccc(OCC(O)C(C)(C)NC4CCCCNC4=O)cc3)cc2)C2CCCCNC2=O)cc1. The van der Waals surface area contributed by atoms with Crippen LogP contribution in [0.5, 0.6) is 23.0 Å². The quantitative estimate of drug-likeness (QED) is 0.0218. The molecule has 456 valence electrons. The molecule has 3 aliphatic rings. The first kappa shape index (κ1) is 65.1. The van der Waals surface area contributed by atoms with Crippen molar-refractivity contribution in [2.24, 2.45) is 0 Å². The number of β-amino-alcohol motifs (C(OH)–C–C–N with tert-alkyl or cyclic N) is 1. The molecule has 4 aromatic carbocycles. The Hall–Kier alpha value is -6.49. The summed E-state index contributed by atoms with van der Waals surface area (Å²) in [5, 5.41) is 60.2. The highest BCUT2D eigenvalue weighted by atomic mass is 16.5. The number of hydrogen-bond acceptors (Lipinski definition) is 14. The van der Waals surface area contributed by atoms with E-state index in [9.17, 15) is 34.8 Å². The Kier molecular flexibility index (Phi) is 23.3. The Bertz CT molecular complexity index is 2790. The molecule has 17 heteroatoms. The summed E-state index contributed by atoms with van der Waals surface area (Å²) in [5.41, 5.74) is 0.791. The number of ether oxygens (including phenoxy) is 4. The average molecular weight is 1160 g/mol. The summed E-state index contributed by atoms with van der Waals surface area (Å²) in [6, 6.07) is 29.1. The van der Waals surface area contributed by atoms with Gasteiger partial charge in [-0.2, -0.15) is 0 Å². The van der Waals surface area contributed by atoms with Gasteiger partial charge in [-0.25, -0.2) is 0 Å². The maximum Gasteiger partial charge on any atom is 0.237 e. The van der Waals surface area contributed by atoms with E-state index < -0.39 is 52.4 Å². The van der Waals surface area contributed by atoms with Crippen LogP contribution in [0.3, 0.4) is 0 Å². The number of aliphatic hydroxyl groups excluding tert-OH is 4. The number of carbonyl (C=O) groups is 3. The van der Waals surface area contributed by atoms with Crippen LogP contribution in [0.25, 0.3) is 0 Å². The van der Waals surface area contributed by atoms with Crippen LogP contribution in [0.2, 0.25) is 0 Å². The zero-order valence-corrected chi connectivity index (χ0v) is 50.2. The van der Waals surface area contributed by atoms with E-state index in [-0.39, 0.29) is 75.7 Å². The number of benzene rings is 4. The number of carbonyl (C=O) groups excluding carboxylic acids is 3. The number of terminal acetylenes is 1. The van der Waals surface area contributed by atoms with Gasteiger partial charge in [0.25, 0.3) is 0 Å². The first-order chi connectivity index (χ1) is 40.1. The molecule has 0 saturated carbocycles. The number of nitrogens with zero attached hydrogens (tertiary/aromatic N) is 1. The molecule has 0 aromatic heterocycles. The van der Waals surface area contributed by atoms with Gasteiger partial charge >= 0.3 is 0 Å². The molecular weight excluding hydrogens is 1060 g/mol. The Morgan fingerprint density at radius 1 is 0.583 bits per heavy atom. The summed E-state index contributed by atoms with van der Waals surface area (Å²) in [5.74, 6) is 5.05. The zero-order chi connectivity index (χ0) is 60.5. The van der Waals surface area contributed by atoms with Gasteiger partial charge in [0.05, 0.1) is 29.6 Å². The lowest BCUT2D eigenvalue weighted by atomic mass is 9.76. The predicted octanol–water partition coefficient (Wildman–Crippen LogP) is 6.21. The lowest BCUT2D eigenvalue weighted by molar-refractivity contribution is -0.131. The number of aliphatic hydroxyl groups is 4. The van der Waals surface area contributed by atoms with Crippen molar-refractivity contribution >= 4 is 17.7 Å². The van der Waals surface area contributed by atoms with Crippen molar-refractivity contribution in [1.29, 1.82) is 0 Å². The molecule has 9 atom stereocenters. The third-order valence-electron chi connectivity index (χ3n) is 17.1. The lowest BCUT2D eigenvalue weighted by Crippen LogP contribution is -2.58. The molecule has 4 aromatic rings. The molecule has 17 nitrogen and oxygen atoms in total. The number of amides is 3. The summed E-state index contributed by atoms with van der Waals surface area (Å²) >= 11 is 0. The van der Waals surface area contributed by atoms with Crippen LogP contribution in [0.1, 0.15) is 128 Å². The van der Waals surface area contributed by atoms with Crippen molar-refractivity contribution in [2.45, 2.75) is 170 Å². The molecule has 7 unspecified atom stereocenters. The fraction of sp³-hybridized carbons (Fsp3) is 0.537. The number of nitrogens with one attached hydrogen (secondary N) is 5. The summed E-state index contributed by atoms with van der Waals surface area (Å²) in [4.78, 5) is 40.4. The maximum absolute atomic E-state index is 13.6. The van der Waals surface area contributed by atoms with Crippen molar-refractivity contribution < 1.29 is 53.8 Å². The highest BCUT2D eigenvalue weighted by Gasteiger charge is 2.40. The van der Waals surface area contributed by atoms with E-state index in [0.29, 0.717) is 55.5 Å². The third kappa shape index (κ3) is 17.6. The summed E-state index contributed by atoms with van der Waals surface area (Å²) < 4.78 is 24.2. The molecule has 9 N–H and O–H groups in total. The van der Waals surface area contributed by atoms with Crippen LogP contribution >= 0.6 is 0 Å². The summed E-state index contributed by atoms with van der Waals surface area (Å²) in [6.07, 6.45) is 12.2. The highest BCUT2D eigenvalue weighted by molar-refractivity contribution is 5.83.